The van der Waals surface area contributed by atoms with Gasteiger partial charge in [0, 0.05) is 35.8 Å². The highest BCUT2D eigenvalue weighted by Crippen LogP contribution is 2.29. The summed E-state index contributed by atoms with van der Waals surface area (Å²) in [4.78, 5) is 4.22. The number of sulfone groups is 1. The highest BCUT2D eigenvalue weighted by atomic mass is 79.9. The van der Waals surface area contributed by atoms with Crippen molar-refractivity contribution in [2.24, 2.45) is 4.99 Å². The van der Waals surface area contributed by atoms with E-state index in [1.807, 2.05) is 25.1 Å². The summed E-state index contributed by atoms with van der Waals surface area (Å²) in [5.74, 6) is 0.844. The largest absolute Gasteiger partial charge is 0.356 e. The molecular weight excluding hydrogens is 390 g/mol. The third kappa shape index (κ3) is 7.21. The molecule has 1 aromatic carbocycles. The van der Waals surface area contributed by atoms with E-state index in [1.165, 1.54) is 11.8 Å². The lowest BCUT2D eigenvalue weighted by Crippen LogP contribution is -2.46. The Bertz CT molecular complexity index is 672. The Morgan fingerprint density at radius 2 is 1.96 bits per heavy atom. The minimum Gasteiger partial charge on any atom is -0.356 e. The Morgan fingerprint density at radius 3 is 2.50 bits per heavy atom. The van der Waals surface area contributed by atoms with E-state index < -0.39 is 9.84 Å². The van der Waals surface area contributed by atoms with Crippen LogP contribution in [0.15, 0.2) is 33.7 Å². The fourth-order valence-electron chi connectivity index (χ4n) is 2.30. The second-order valence-corrected chi connectivity index (χ2v) is 9.87. The van der Waals surface area contributed by atoms with Gasteiger partial charge < -0.3 is 10.6 Å². The first-order valence-electron chi connectivity index (χ1n) is 7.95. The maximum atomic E-state index is 11.3. The van der Waals surface area contributed by atoms with Crippen molar-refractivity contribution < 1.29 is 8.42 Å². The molecule has 0 saturated carbocycles. The van der Waals surface area contributed by atoms with Gasteiger partial charge in [0.05, 0.1) is 5.75 Å². The zero-order valence-electron chi connectivity index (χ0n) is 15.1. The Balaban J connectivity index is 2.62. The summed E-state index contributed by atoms with van der Waals surface area (Å²) in [5, 5.41) is 6.57. The van der Waals surface area contributed by atoms with Gasteiger partial charge in [-0.25, -0.2) is 8.42 Å². The van der Waals surface area contributed by atoms with E-state index in [-0.39, 0.29) is 17.2 Å². The van der Waals surface area contributed by atoms with Crippen molar-refractivity contribution in [3.63, 3.8) is 0 Å². The molecule has 0 saturated heterocycles. The second kappa shape index (κ2) is 8.85. The fraction of sp³-hybridized carbons (Fsp3) is 0.588. The predicted octanol–water partition coefficient (Wildman–Crippen LogP) is 2.71. The van der Waals surface area contributed by atoms with Gasteiger partial charge in [0.2, 0.25) is 0 Å². The fourth-order valence-corrected chi connectivity index (χ4v) is 3.90. The molecular formula is C17H28BrN3O2S. The first kappa shape index (κ1) is 21.0. The molecule has 0 aliphatic heterocycles. The molecule has 1 unspecified atom stereocenters. The topological polar surface area (TPSA) is 70.6 Å². The minimum atomic E-state index is -2.94. The molecule has 0 radical (unpaired) electrons. The van der Waals surface area contributed by atoms with Gasteiger partial charge in [-0.05, 0) is 25.0 Å². The van der Waals surface area contributed by atoms with Crippen molar-refractivity contribution in [3.05, 3.63) is 34.3 Å². The van der Waals surface area contributed by atoms with Crippen LogP contribution < -0.4 is 10.6 Å². The first-order valence-corrected chi connectivity index (χ1v) is 10.8. The van der Waals surface area contributed by atoms with Crippen molar-refractivity contribution in [1.82, 2.24) is 10.6 Å². The second-order valence-electron chi connectivity index (χ2n) is 6.75. The van der Waals surface area contributed by atoms with Gasteiger partial charge >= 0.3 is 0 Å². The van der Waals surface area contributed by atoms with Crippen LogP contribution in [-0.4, -0.2) is 46.0 Å². The Labute approximate surface area is 154 Å². The summed E-state index contributed by atoms with van der Waals surface area (Å²) in [6.07, 6.45) is 1.81. The molecule has 24 heavy (non-hydrogen) atoms. The molecule has 0 bridgehead atoms. The lowest BCUT2D eigenvalue weighted by atomic mass is 9.84. The number of halogens is 1. The Kier molecular flexibility index (Phi) is 7.73. The highest BCUT2D eigenvalue weighted by molar-refractivity contribution is 9.10. The van der Waals surface area contributed by atoms with Crippen molar-refractivity contribution in [3.8, 4) is 0 Å². The Hall–Kier alpha value is -1.08. The molecule has 0 spiro atoms. The van der Waals surface area contributed by atoms with Crippen LogP contribution in [0.5, 0.6) is 0 Å². The lowest BCUT2D eigenvalue weighted by Gasteiger charge is -2.28. The third-order valence-corrected chi connectivity index (χ3v) is 5.50. The average Bonchev–Trinajstić information content (AvgIpc) is 2.49. The van der Waals surface area contributed by atoms with Gasteiger partial charge in [-0.1, -0.05) is 48.0 Å². The van der Waals surface area contributed by atoms with Crippen LogP contribution in [0, 0.1) is 0 Å². The molecule has 0 aromatic heterocycles. The molecule has 136 valence electrons. The zero-order valence-corrected chi connectivity index (χ0v) is 17.5. The van der Waals surface area contributed by atoms with E-state index in [4.69, 9.17) is 0 Å². The number of benzene rings is 1. The number of aliphatic imine (C=N–C) groups is 1. The van der Waals surface area contributed by atoms with Crippen molar-refractivity contribution in [2.75, 3.05) is 25.6 Å². The monoisotopic (exact) mass is 417 g/mol. The molecule has 0 amide bonds. The quantitative estimate of drug-likeness (QED) is 0.528. The molecule has 0 fully saturated rings. The van der Waals surface area contributed by atoms with Crippen molar-refractivity contribution in [1.29, 1.82) is 0 Å². The summed E-state index contributed by atoms with van der Waals surface area (Å²) >= 11 is 3.61. The maximum Gasteiger partial charge on any atom is 0.191 e. The molecule has 1 atom stereocenters. The number of hydrogen-bond acceptors (Lipinski definition) is 3. The normalized spacial score (nSPS) is 14.3. The van der Waals surface area contributed by atoms with Crippen LogP contribution in [0.2, 0.25) is 0 Å². The Morgan fingerprint density at radius 1 is 1.33 bits per heavy atom. The van der Waals surface area contributed by atoms with E-state index in [1.54, 1.807) is 7.05 Å². The van der Waals surface area contributed by atoms with Gasteiger partial charge in [0.1, 0.15) is 9.84 Å². The maximum absolute atomic E-state index is 11.3. The van der Waals surface area contributed by atoms with Crippen LogP contribution in [0.4, 0.5) is 0 Å². The molecule has 1 rings (SSSR count). The van der Waals surface area contributed by atoms with E-state index in [2.05, 4.69) is 51.5 Å². The van der Waals surface area contributed by atoms with Crippen LogP contribution in [0.3, 0.4) is 0 Å². The molecule has 7 heteroatoms. The zero-order chi connectivity index (χ0) is 18.4. The van der Waals surface area contributed by atoms with Gasteiger partial charge in [-0.3, -0.25) is 4.99 Å². The molecule has 0 aliphatic rings. The van der Waals surface area contributed by atoms with Gasteiger partial charge in [-0.15, -0.1) is 0 Å². The van der Waals surface area contributed by atoms with E-state index in [0.29, 0.717) is 18.9 Å². The summed E-state index contributed by atoms with van der Waals surface area (Å²) in [7, 11) is -1.23. The number of nitrogens with one attached hydrogen (secondary N) is 2. The van der Waals surface area contributed by atoms with Crippen LogP contribution in [-0.2, 0) is 15.3 Å². The lowest BCUT2D eigenvalue weighted by molar-refractivity contribution is 0.501. The average molecular weight is 418 g/mol. The number of rotatable bonds is 7. The predicted molar refractivity (Wildman–Crippen MR) is 105 cm³/mol. The molecule has 1 aromatic rings. The van der Waals surface area contributed by atoms with Crippen LogP contribution in [0.25, 0.3) is 0 Å². The third-order valence-electron chi connectivity index (χ3n) is 3.83. The number of guanidine groups is 1. The van der Waals surface area contributed by atoms with Gasteiger partial charge in [0.25, 0.3) is 0 Å². The first-order chi connectivity index (χ1) is 11.0. The van der Waals surface area contributed by atoms with E-state index in [0.717, 1.165) is 4.47 Å². The SMILES string of the molecule is CN=C(NCC(C)(C)c1ccccc1Br)NC(C)CCS(C)(=O)=O. The summed E-state index contributed by atoms with van der Waals surface area (Å²) in [6.45, 7) is 6.99. The van der Waals surface area contributed by atoms with E-state index >= 15 is 0 Å². The molecule has 2 N–H and O–H groups in total. The van der Waals surface area contributed by atoms with Crippen molar-refractivity contribution >= 4 is 31.7 Å². The van der Waals surface area contributed by atoms with Gasteiger partial charge in [0.15, 0.2) is 5.96 Å². The molecule has 5 nitrogen and oxygen atoms in total. The number of nitrogens with zero attached hydrogens (tertiary/aromatic N) is 1. The molecule has 0 aliphatic carbocycles. The summed E-state index contributed by atoms with van der Waals surface area (Å²) in [6, 6.07) is 8.20. The summed E-state index contributed by atoms with van der Waals surface area (Å²) < 4.78 is 23.6. The van der Waals surface area contributed by atoms with Gasteiger partial charge in [-0.2, -0.15) is 0 Å². The van der Waals surface area contributed by atoms with Crippen molar-refractivity contribution in [2.45, 2.75) is 38.6 Å². The van der Waals surface area contributed by atoms with Crippen LogP contribution >= 0.6 is 15.9 Å². The molecule has 0 heterocycles. The smallest absolute Gasteiger partial charge is 0.191 e. The highest BCUT2D eigenvalue weighted by Gasteiger charge is 2.23. The minimum absolute atomic E-state index is 0.0255. The summed E-state index contributed by atoms with van der Waals surface area (Å²) in [5.41, 5.74) is 1.13. The number of hydrogen-bond donors (Lipinski definition) is 2. The van der Waals surface area contributed by atoms with Crippen LogP contribution in [0.1, 0.15) is 32.8 Å². The van der Waals surface area contributed by atoms with E-state index in [9.17, 15) is 8.42 Å². The standard InChI is InChI=1S/C17H28BrN3O2S/c1-13(10-11-24(5,22)23)21-16(19-4)20-12-17(2,3)14-8-6-7-9-15(14)18/h6-9,13H,10-12H2,1-5H3,(H2,19,20,21).